The molecule has 1 unspecified atom stereocenters. The van der Waals surface area contributed by atoms with E-state index in [0.29, 0.717) is 11.6 Å². The first kappa shape index (κ1) is 15.5. The van der Waals surface area contributed by atoms with Crippen molar-refractivity contribution < 1.29 is 4.74 Å². The highest BCUT2D eigenvalue weighted by Crippen LogP contribution is 2.38. The first-order chi connectivity index (χ1) is 12.0. The van der Waals surface area contributed by atoms with E-state index in [0.717, 1.165) is 28.0 Å². The molecule has 0 radical (unpaired) electrons. The van der Waals surface area contributed by atoms with E-state index in [4.69, 9.17) is 16.2 Å². The van der Waals surface area contributed by atoms with Crippen molar-refractivity contribution in [1.82, 2.24) is 0 Å². The van der Waals surface area contributed by atoms with Crippen molar-refractivity contribution in [2.45, 2.75) is 19.4 Å². The average Bonchev–Trinajstić information content (AvgIpc) is 2.61. The number of rotatable bonds is 2. The number of hydrogen-bond acceptors (Lipinski definition) is 4. The fourth-order valence-electron chi connectivity index (χ4n) is 3.33. The average molecular weight is 331 g/mol. The summed E-state index contributed by atoms with van der Waals surface area (Å²) < 4.78 is 5.74. The number of nitrogens with two attached hydrogens (primary N) is 2. The molecule has 0 amide bonds. The quantitative estimate of drug-likeness (QED) is 0.663. The third kappa shape index (κ3) is 2.51. The largest absolute Gasteiger partial charge is 0.456 e. The Morgan fingerprint density at radius 1 is 1.00 bits per heavy atom. The van der Waals surface area contributed by atoms with E-state index in [1.807, 2.05) is 50.2 Å². The Hall–Kier alpha value is -2.98. The number of hydrogen-bond donors (Lipinski definition) is 3. The van der Waals surface area contributed by atoms with E-state index in [2.05, 4.69) is 29.6 Å². The molecule has 4 rings (SSSR count). The van der Waals surface area contributed by atoms with Gasteiger partial charge in [-0.15, -0.1) is 0 Å². The lowest BCUT2D eigenvalue weighted by Gasteiger charge is -2.29. The van der Waals surface area contributed by atoms with E-state index >= 15 is 0 Å². The van der Waals surface area contributed by atoms with Gasteiger partial charge in [0.15, 0.2) is 5.75 Å². The second-order valence-electron chi connectivity index (χ2n) is 6.64. The monoisotopic (exact) mass is 331 g/mol. The van der Waals surface area contributed by atoms with Crippen LogP contribution >= 0.6 is 0 Å². The zero-order chi connectivity index (χ0) is 17.6. The van der Waals surface area contributed by atoms with Gasteiger partial charge in [0.05, 0.1) is 11.2 Å². The summed E-state index contributed by atoms with van der Waals surface area (Å²) >= 11 is 0. The maximum Gasteiger partial charge on any atom is 0.150 e. The van der Waals surface area contributed by atoms with Crippen LogP contribution in [0.5, 0.6) is 5.75 Å². The molecule has 0 saturated carbocycles. The van der Waals surface area contributed by atoms with Crippen molar-refractivity contribution in [1.29, 1.82) is 0 Å². The molecule has 3 aromatic carbocycles. The molecule has 1 heterocycles. The number of anilines is 1. The van der Waals surface area contributed by atoms with Crippen LogP contribution in [0.4, 0.5) is 5.69 Å². The first-order valence-corrected chi connectivity index (χ1v) is 8.29. The molecule has 0 fully saturated rings. The lowest BCUT2D eigenvalue weighted by molar-refractivity contribution is 0.415. The lowest BCUT2D eigenvalue weighted by Crippen LogP contribution is -2.34. The Bertz CT molecular complexity index is 1000. The molecule has 1 aliphatic rings. The number of nitrogens with one attached hydrogen (secondary N) is 1. The fourth-order valence-corrected chi connectivity index (χ4v) is 3.33. The molecule has 0 bridgehead atoms. The molecule has 0 spiro atoms. The van der Waals surface area contributed by atoms with Crippen LogP contribution in [0.1, 0.15) is 25.0 Å². The predicted molar refractivity (Wildman–Crippen MR) is 102 cm³/mol. The highest BCUT2D eigenvalue weighted by Gasteiger charge is 2.27. The molecule has 25 heavy (non-hydrogen) atoms. The summed E-state index contributed by atoms with van der Waals surface area (Å²) in [6, 6.07) is 20.5. The zero-order valence-corrected chi connectivity index (χ0v) is 14.3. The number of benzene rings is 3. The van der Waals surface area contributed by atoms with E-state index < -0.39 is 5.54 Å². The highest BCUT2D eigenvalue weighted by molar-refractivity contribution is 5.87. The predicted octanol–water partition coefficient (Wildman–Crippen LogP) is 4.01. The SMILES string of the molecule is CC1=C(N)Nc2cc(C(C)(N)c3cccc4ccccc34)ccc2O1. The van der Waals surface area contributed by atoms with Crippen molar-refractivity contribution >= 4 is 16.5 Å². The van der Waals surface area contributed by atoms with Gasteiger partial charge in [-0.05, 0) is 47.9 Å². The van der Waals surface area contributed by atoms with Crippen molar-refractivity contribution in [3.8, 4) is 5.75 Å². The van der Waals surface area contributed by atoms with Gasteiger partial charge in [0, 0.05) is 0 Å². The van der Waals surface area contributed by atoms with Crippen LogP contribution in [0.25, 0.3) is 10.8 Å². The molecule has 0 aliphatic carbocycles. The van der Waals surface area contributed by atoms with Crippen LogP contribution in [0.3, 0.4) is 0 Å². The standard InChI is InChI=1S/C21H21N3O/c1-13-20(22)24-18-12-15(10-11-19(18)25-13)21(2,23)17-9-5-7-14-6-3-4-8-16(14)17/h3-12,24H,22-23H2,1-2H3. The summed E-state index contributed by atoms with van der Waals surface area (Å²) in [5, 5.41) is 5.53. The summed E-state index contributed by atoms with van der Waals surface area (Å²) in [5.41, 5.74) is 15.0. The van der Waals surface area contributed by atoms with Gasteiger partial charge in [-0.25, -0.2) is 0 Å². The van der Waals surface area contributed by atoms with Crippen LogP contribution < -0.4 is 21.5 Å². The Labute approximate surface area is 147 Å². The van der Waals surface area contributed by atoms with Crippen LogP contribution in [-0.2, 0) is 5.54 Å². The van der Waals surface area contributed by atoms with Crippen LogP contribution in [-0.4, -0.2) is 0 Å². The van der Waals surface area contributed by atoms with E-state index in [1.54, 1.807) is 0 Å². The smallest absolute Gasteiger partial charge is 0.150 e. The van der Waals surface area contributed by atoms with Gasteiger partial charge in [0.25, 0.3) is 0 Å². The lowest BCUT2D eigenvalue weighted by atomic mass is 9.82. The van der Waals surface area contributed by atoms with Gasteiger partial charge in [0.2, 0.25) is 0 Å². The zero-order valence-electron chi connectivity index (χ0n) is 14.3. The molecule has 3 aromatic rings. The van der Waals surface area contributed by atoms with E-state index in [9.17, 15) is 0 Å². The molecular weight excluding hydrogens is 310 g/mol. The van der Waals surface area contributed by atoms with E-state index in [1.165, 1.54) is 5.39 Å². The van der Waals surface area contributed by atoms with Crippen LogP contribution in [0.15, 0.2) is 72.2 Å². The maximum atomic E-state index is 6.81. The van der Waals surface area contributed by atoms with E-state index in [-0.39, 0.29) is 0 Å². The second-order valence-corrected chi connectivity index (χ2v) is 6.64. The van der Waals surface area contributed by atoms with Gasteiger partial charge < -0.3 is 21.5 Å². The second kappa shape index (κ2) is 5.53. The summed E-state index contributed by atoms with van der Waals surface area (Å²) in [6.45, 7) is 3.87. The van der Waals surface area contributed by atoms with Crippen molar-refractivity contribution in [3.05, 3.63) is 83.4 Å². The minimum atomic E-state index is -0.650. The highest BCUT2D eigenvalue weighted by atomic mass is 16.5. The molecule has 4 nitrogen and oxygen atoms in total. The third-order valence-corrected chi connectivity index (χ3v) is 4.84. The first-order valence-electron chi connectivity index (χ1n) is 8.29. The molecule has 0 aromatic heterocycles. The summed E-state index contributed by atoms with van der Waals surface area (Å²) in [5.74, 6) is 1.95. The summed E-state index contributed by atoms with van der Waals surface area (Å²) in [6.07, 6.45) is 0. The van der Waals surface area contributed by atoms with Gasteiger partial charge in [-0.3, -0.25) is 0 Å². The number of ether oxygens (including phenoxy) is 1. The molecular formula is C21H21N3O. The molecule has 1 aliphatic heterocycles. The minimum absolute atomic E-state index is 0.522. The minimum Gasteiger partial charge on any atom is -0.456 e. The number of allylic oxidation sites excluding steroid dienone is 1. The molecule has 126 valence electrons. The Morgan fingerprint density at radius 2 is 1.76 bits per heavy atom. The fraction of sp³-hybridized carbons (Fsp3) is 0.143. The van der Waals surface area contributed by atoms with Crippen molar-refractivity contribution in [3.63, 3.8) is 0 Å². The van der Waals surface area contributed by atoms with Gasteiger partial charge >= 0.3 is 0 Å². The molecule has 4 heteroatoms. The van der Waals surface area contributed by atoms with Crippen molar-refractivity contribution in [2.24, 2.45) is 11.5 Å². The summed E-state index contributed by atoms with van der Waals surface area (Å²) in [4.78, 5) is 0. The normalized spacial score (nSPS) is 16.0. The maximum absolute atomic E-state index is 6.81. The van der Waals surface area contributed by atoms with Crippen LogP contribution in [0.2, 0.25) is 0 Å². The Kier molecular flexibility index (Phi) is 3.44. The third-order valence-electron chi connectivity index (χ3n) is 4.84. The van der Waals surface area contributed by atoms with Crippen LogP contribution in [0, 0.1) is 0 Å². The molecule has 0 saturated heterocycles. The number of fused-ring (bicyclic) bond motifs is 2. The Balaban J connectivity index is 1.83. The van der Waals surface area contributed by atoms with Crippen molar-refractivity contribution in [2.75, 3.05) is 5.32 Å². The van der Waals surface area contributed by atoms with Gasteiger partial charge in [-0.1, -0.05) is 48.5 Å². The Morgan fingerprint density at radius 3 is 2.60 bits per heavy atom. The van der Waals surface area contributed by atoms with Gasteiger partial charge in [-0.2, -0.15) is 0 Å². The molecule has 1 atom stereocenters. The molecule has 5 N–H and O–H groups in total. The summed E-state index contributed by atoms with van der Waals surface area (Å²) in [7, 11) is 0. The topological polar surface area (TPSA) is 73.3 Å². The van der Waals surface area contributed by atoms with Gasteiger partial charge in [0.1, 0.15) is 11.6 Å².